The summed E-state index contributed by atoms with van der Waals surface area (Å²) in [5, 5.41) is 5.04. The minimum absolute atomic E-state index is 0.597. The van der Waals surface area contributed by atoms with E-state index in [0.717, 1.165) is 27.7 Å². The van der Waals surface area contributed by atoms with Gasteiger partial charge in [0.1, 0.15) is 0 Å². The number of aromatic nitrogens is 4. The highest BCUT2D eigenvalue weighted by Gasteiger charge is 2.09. The van der Waals surface area contributed by atoms with Crippen molar-refractivity contribution in [2.45, 2.75) is 13.3 Å². The molecule has 0 saturated carbocycles. The molecule has 0 bridgehead atoms. The maximum Gasteiger partial charge on any atom is 0.332 e. The second-order valence-corrected chi connectivity index (χ2v) is 6.14. The smallest absolute Gasteiger partial charge is 0.332 e. The van der Waals surface area contributed by atoms with Crippen molar-refractivity contribution in [2.24, 2.45) is 10.8 Å². The van der Waals surface area contributed by atoms with E-state index in [4.69, 9.17) is 5.73 Å². The average molecular weight is 359 g/mol. The van der Waals surface area contributed by atoms with Gasteiger partial charge in [0, 0.05) is 41.7 Å². The van der Waals surface area contributed by atoms with E-state index in [0.29, 0.717) is 17.9 Å². The highest BCUT2D eigenvalue weighted by molar-refractivity contribution is 5.98. The van der Waals surface area contributed by atoms with Crippen molar-refractivity contribution in [3.05, 3.63) is 71.9 Å². The Bertz CT molecular complexity index is 1180. The summed E-state index contributed by atoms with van der Waals surface area (Å²) >= 11 is 0. The molecule has 0 unspecified atom stereocenters. The summed E-state index contributed by atoms with van der Waals surface area (Å²) in [6.45, 7) is 1.77. The number of primary amides is 1. The molecule has 3 N–H and O–H groups in total. The third-order valence-corrected chi connectivity index (χ3v) is 4.25. The molecule has 0 spiro atoms. The van der Waals surface area contributed by atoms with Crippen LogP contribution in [-0.2, 0) is 6.42 Å². The van der Waals surface area contributed by atoms with E-state index < -0.39 is 6.03 Å². The molecule has 8 heteroatoms. The van der Waals surface area contributed by atoms with Crippen molar-refractivity contribution in [1.29, 1.82) is 0 Å². The first-order valence-electron chi connectivity index (χ1n) is 8.36. The van der Waals surface area contributed by atoms with E-state index in [2.05, 4.69) is 37.6 Å². The van der Waals surface area contributed by atoms with Crippen LogP contribution in [0.15, 0.2) is 60.2 Å². The van der Waals surface area contributed by atoms with Gasteiger partial charge in [-0.1, -0.05) is 12.1 Å². The Morgan fingerprint density at radius 3 is 2.93 bits per heavy atom. The molecule has 0 fully saturated rings. The van der Waals surface area contributed by atoms with Crippen molar-refractivity contribution in [3.8, 4) is 0 Å². The van der Waals surface area contributed by atoms with Crippen LogP contribution in [0, 0.1) is 0 Å². The van der Waals surface area contributed by atoms with E-state index in [9.17, 15) is 4.79 Å². The van der Waals surface area contributed by atoms with Crippen LogP contribution in [0.25, 0.3) is 16.7 Å². The monoisotopic (exact) mass is 359 g/mol. The lowest BCUT2D eigenvalue weighted by Crippen LogP contribution is -2.25. The average Bonchev–Trinajstić information content (AvgIpc) is 3.08. The summed E-state index contributed by atoms with van der Waals surface area (Å²) < 4.78 is 1.92. The fraction of sp³-hybridized carbons (Fsp3) is 0.105. The molecule has 3 heterocycles. The van der Waals surface area contributed by atoms with Crippen molar-refractivity contribution in [3.63, 3.8) is 0 Å². The number of benzene rings is 1. The Hall–Kier alpha value is -3.81. The largest absolute Gasteiger partial charge is 0.350 e. The number of nitrogens with two attached hydrogens (primary N) is 1. The zero-order valence-corrected chi connectivity index (χ0v) is 14.6. The lowest BCUT2D eigenvalue weighted by Gasteiger charge is -2.06. The molecule has 0 aliphatic heterocycles. The number of hydrogen-bond donors (Lipinski definition) is 2. The number of hydrazone groups is 1. The molecule has 0 aliphatic carbocycles. The fourth-order valence-electron chi connectivity index (χ4n) is 2.89. The van der Waals surface area contributed by atoms with E-state index >= 15 is 0 Å². The molecule has 4 aromatic rings. The van der Waals surface area contributed by atoms with Crippen LogP contribution in [0.4, 0.5) is 4.79 Å². The first kappa shape index (κ1) is 16.6. The van der Waals surface area contributed by atoms with Gasteiger partial charge in [0.25, 0.3) is 0 Å². The predicted molar refractivity (Wildman–Crippen MR) is 102 cm³/mol. The number of imidazole rings is 1. The molecule has 1 aromatic carbocycles. The quantitative estimate of drug-likeness (QED) is 0.430. The molecule has 3 aromatic heterocycles. The summed E-state index contributed by atoms with van der Waals surface area (Å²) in [6, 6.07) is 9.48. The van der Waals surface area contributed by atoms with Crippen LogP contribution in [0.2, 0.25) is 0 Å². The van der Waals surface area contributed by atoms with Crippen LogP contribution in [-0.4, -0.2) is 31.1 Å². The molecule has 0 atom stereocenters. The van der Waals surface area contributed by atoms with Gasteiger partial charge < -0.3 is 5.73 Å². The molecule has 134 valence electrons. The number of rotatable bonds is 4. The van der Waals surface area contributed by atoms with Gasteiger partial charge in [-0.2, -0.15) is 5.10 Å². The third kappa shape index (κ3) is 3.45. The van der Waals surface area contributed by atoms with E-state index in [1.54, 1.807) is 19.3 Å². The summed E-state index contributed by atoms with van der Waals surface area (Å²) in [5.41, 5.74) is 11.8. The van der Waals surface area contributed by atoms with Crippen LogP contribution in [0.1, 0.15) is 23.7 Å². The minimum atomic E-state index is -0.711. The fourth-order valence-corrected chi connectivity index (χ4v) is 2.89. The number of nitrogens with zero attached hydrogens (tertiary/aromatic N) is 5. The Balaban J connectivity index is 1.67. The zero-order chi connectivity index (χ0) is 18.8. The van der Waals surface area contributed by atoms with Crippen molar-refractivity contribution in [1.82, 2.24) is 24.8 Å². The van der Waals surface area contributed by atoms with Gasteiger partial charge in [-0.3, -0.25) is 9.38 Å². The summed E-state index contributed by atoms with van der Waals surface area (Å²) in [5.74, 6) is 0.604. The number of pyridine rings is 1. The normalized spacial score (nSPS) is 11.8. The maximum absolute atomic E-state index is 10.8. The Morgan fingerprint density at radius 1 is 1.22 bits per heavy atom. The number of fused-ring (bicyclic) bond motifs is 2. The molecule has 27 heavy (non-hydrogen) atoms. The van der Waals surface area contributed by atoms with Crippen molar-refractivity contribution >= 4 is 28.4 Å². The second kappa shape index (κ2) is 6.83. The molecule has 2 amide bonds. The van der Waals surface area contributed by atoms with E-state index in [1.165, 1.54) is 0 Å². The molecule has 4 rings (SSSR count). The molecule has 0 radical (unpaired) electrons. The second-order valence-electron chi connectivity index (χ2n) is 6.14. The Kier molecular flexibility index (Phi) is 4.21. The van der Waals surface area contributed by atoms with Crippen molar-refractivity contribution < 1.29 is 4.79 Å². The van der Waals surface area contributed by atoms with Crippen molar-refractivity contribution in [2.75, 3.05) is 0 Å². The van der Waals surface area contributed by atoms with Gasteiger partial charge in [-0.25, -0.2) is 20.2 Å². The molecular weight excluding hydrogens is 342 g/mol. The van der Waals surface area contributed by atoms with Gasteiger partial charge in [0.2, 0.25) is 5.78 Å². The minimum Gasteiger partial charge on any atom is -0.350 e. The third-order valence-electron chi connectivity index (χ3n) is 4.25. The lowest BCUT2D eigenvalue weighted by molar-refractivity contribution is 0.249. The standard InChI is InChI=1S/C19H17N7O/c1-12(24-25-18(20)27)15-9-22-19-23-10-16(26(19)11-15)8-13-4-5-17-14(7-13)3-2-6-21-17/h2-7,9-11H,8H2,1H3,(H3,20,25,27)/b24-12+. The summed E-state index contributed by atoms with van der Waals surface area (Å²) in [4.78, 5) is 23.9. The molecule has 0 aliphatic rings. The first-order chi connectivity index (χ1) is 13.1. The van der Waals surface area contributed by atoms with Crippen LogP contribution in [0.3, 0.4) is 0 Å². The van der Waals surface area contributed by atoms with Gasteiger partial charge >= 0.3 is 6.03 Å². The van der Waals surface area contributed by atoms with Crippen LogP contribution >= 0.6 is 0 Å². The zero-order valence-electron chi connectivity index (χ0n) is 14.6. The van der Waals surface area contributed by atoms with Gasteiger partial charge in [0.05, 0.1) is 17.4 Å². The molecule has 0 saturated heterocycles. The number of nitrogens with one attached hydrogen (secondary N) is 1. The highest BCUT2D eigenvalue weighted by atomic mass is 16.2. The SMILES string of the molecule is C/C(=N\NC(N)=O)c1cnc2ncc(Cc3ccc4ncccc4c3)n2c1. The van der Waals surface area contributed by atoms with Gasteiger partial charge in [-0.15, -0.1) is 0 Å². The topological polar surface area (TPSA) is 111 Å². The number of hydrogen-bond acceptors (Lipinski definition) is 5. The number of amides is 2. The first-order valence-corrected chi connectivity index (χ1v) is 8.36. The van der Waals surface area contributed by atoms with Crippen LogP contribution < -0.4 is 11.2 Å². The van der Waals surface area contributed by atoms with E-state index in [1.807, 2.05) is 35.0 Å². The number of carbonyl (C=O) groups is 1. The number of urea groups is 1. The Labute approximate surface area is 154 Å². The number of carbonyl (C=O) groups excluding carboxylic acids is 1. The Morgan fingerprint density at radius 2 is 2.07 bits per heavy atom. The molecular formula is C19H17N7O. The van der Waals surface area contributed by atoms with Gasteiger partial charge in [-0.05, 0) is 30.7 Å². The predicted octanol–water partition coefficient (Wildman–Crippen LogP) is 2.26. The molecule has 8 nitrogen and oxygen atoms in total. The lowest BCUT2D eigenvalue weighted by atomic mass is 10.1. The van der Waals surface area contributed by atoms with Crippen LogP contribution in [0.5, 0.6) is 0 Å². The summed E-state index contributed by atoms with van der Waals surface area (Å²) in [6.07, 6.45) is 7.86. The van der Waals surface area contributed by atoms with E-state index in [-0.39, 0.29) is 0 Å². The van der Waals surface area contributed by atoms with Gasteiger partial charge in [0.15, 0.2) is 0 Å². The summed E-state index contributed by atoms with van der Waals surface area (Å²) in [7, 11) is 0. The highest BCUT2D eigenvalue weighted by Crippen LogP contribution is 2.17. The maximum atomic E-state index is 10.8.